The SMILES string of the molecule is CS(=O)(=O)c1ncc[c]([Sn]([CH3])([CH3])[CH3])n1.CSc1ncc[c]([Sn]([CH3])([CH3])[CH3])n1.CSc1nccc(Cl)n1.[Pd].c1ccc(P(c2ccccc2)c2ccccc2)cc1.c1ccc(P(c2ccccc2)c2ccccc2)cc1.c1ccc(P(c2ccccc2)c2ccccc2)cc1.c1ccc(P(c2ccccc2)c2ccccc2)cc1. The van der Waals surface area contributed by atoms with Gasteiger partial charge in [0, 0.05) is 26.6 Å². The van der Waals surface area contributed by atoms with Crippen molar-refractivity contribution in [3.8, 4) is 0 Å². The Hall–Kier alpha value is -7.20. The van der Waals surface area contributed by atoms with Gasteiger partial charge in [-0.05, 0) is 108 Å². The fourth-order valence-electron chi connectivity index (χ4n) is 10.9. The molecule has 3 heterocycles. The molecule has 0 atom stereocenters. The van der Waals surface area contributed by atoms with Crippen LogP contribution in [0.15, 0.2) is 416 Å². The minimum Gasteiger partial charge on any atom is -0.231 e. The Kier molecular flexibility index (Phi) is 38.9. The largest absolute Gasteiger partial charge is 0.231 e. The maximum absolute atomic E-state index is 11.2. The summed E-state index contributed by atoms with van der Waals surface area (Å²) in [5, 5.41) is 18.8. The monoisotopic (exact) mass is 1930 g/mol. The topological polar surface area (TPSA) is 111 Å². The molecule has 0 aliphatic rings. The Bertz CT molecular complexity index is 4380. The van der Waals surface area contributed by atoms with Crippen LogP contribution in [0.5, 0.6) is 0 Å². The van der Waals surface area contributed by atoms with Crippen LogP contribution in [0.1, 0.15) is 0 Å². The van der Waals surface area contributed by atoms with Gasteiger partial charge in [-0.25, -0.2) is 9.97 Å². The van der Waals surface area contributed by atoms with Gasteiger partial charge in [0.1, 0.15) is 5.15 Å². The standard InChI is InChI=1S/4C18H15P.C5H5ClN2S.C5H5N2O2S.C5H5N2S.6CH3.Pd.2Sn/c4*1-4-10-16(11-5-1)19(17-12-6-2-7-13-17)18-14-8-3-9-15-18;1-9-5-7-3-2-4(6)8-5;1-10(8,9)5-6-3-2-4-7-5;1-8-5-6-3-2-4-7-5;;;;;;;;;/h4*1-15H;2-3H,1H3;2-3H,1H3;2-3H,1H3;6*1H3;;;. The molecule has 0 aliphatic heterocycles. The fourth-order valence-corrected chi connectivity index (χ4v) is 27.8. The third-order valence-electron chi connectivity index (χ3n) is 16.3. The fraction of sp³-hybridized carbons (Fsp3) is 0.0968. The molecular weight excluding hydrogens is 1830 g/mol. The summed E-state index contributed by atoms with van der Waals surface area (Å²) in [5.74, 6) is 0. The third kappa shape index (κ3) is 29.9. The van der Waals surface area contributed by atoms with Crippen LogP contribution in [-0.4, -0.2) is 93.8 Å². The molecule has 0 saturated carbocycles. The zero-order chi connectivity index (χ0) is 78.5. The molecule has 8 nitrogen and oxygen atoms in total. The van der Waals surface area contributed by atoms with Crippen LogP contribution in [0, 0.1) is 0 Å². The van der Waals surface area contributed by atoms with Gasteiger partial charge >= 0.3 is 171 Å². The van der Waals surface area contributed by atoms with E-state index in [0.717, 1.165) is 15.1 Å². The number of nitrogens with zero attached hydrogens (tertiary/aromatic N) is 6. The number of hydrogen-bond acceptors (Lipinski definition) is 10. The predicted molar refractivity (Wildman–Crippen MR) is 494 cm³/mol. The second-order valence-electron chi connectivity index (χ2n) is 26.7. The molecule has 0 aliphatic carbocycles. The first-order valence-electron chi connectivity index (χ1n) is 36.1. The van der Waals surface area contributed by atoms with Gasteiger partial charge in [-0.15, -0.1) is 0 Å². The van der Waals surface area contributed by atoms with Crippen LogP contribution >= 0.6 is 66.8 Å². The van der Waals surface area contributed by atoms with E-state index in [4.69, 9.17) is 11.6 Å². The Balaban J connectivity index is 0.000000166. The van der Waals surface area contributed by atoms with Crippen molar-refractivity contribution in [3.63, 3.8) is 0 Å². The van der Waals surface area contributed by atoms with E-state index in [-0.39, 0.29) is 25.6 Å². The van der Waals surface area contributed by atoms with Crippen molar-refractivity contribution >= 4 is 184 Å². The number of rotatable bonds is 17. The van der Waals surface area contributed by atoms with E-state index >= 15 is 0 Å². The van der Waals surface area contributed by atoms with E-state index in [0.29, 0.717) is 10.3 Å². The average molecular weight is 1930 g/mol. The average Bonchev–Trinajstić information content (AvgIpc) is 0.847. The van der Waals surface area contributed by atoms with Gasteiger partial charge in [-0.1, -0.05) is 387 Å². The zero-order valence-electron chi connectivity index (χ0n) is 64.3. The molecule has 15 aromatic rings. The van der Waals surface area contributed by atoms with Crippen LogP contribution in [0.3, 0.4) is 0 Å². The number of benzene rings is 12. The predicted octanol–water partition coefficient (Wildman–Crippen LogP) is 17.8. The first-order valence-corrected chi connectivity index (χ1v) is 66.2. The molecule has 570 valence electrons. The molecule has 0 bridgehead atoms. The maximum Gasteiger partial charge on any atom is 0.188 e. The number of sulfone groups is 1. The van der Waals surface area contributed by atoms with Crippen LogP contribution in [0.4, 0.5) is 0 Å². The van der Waals surface area contributed by atoms with Crippen molar-refractivity contribution in [2.75, 3.05) is 18.8 Å². The molecule has 3 aromatic heterocycles. The Morgan fingerprint density at radius 3 is 0.616 bits per heavy atom. The second kappa shape index (κ2) is 48.2. The summed E-state index contributed by atoms with van der Waals surface area (Å²) >= 11 is 4.43. The third-order valence-corrected chi connectivity index (χ3v) is 38.6. The molecule has 0 N–H and O–H groups in total. The molecule has 0 spiro atoms. The minimum atomic E-state index is -3.27. The summed E-state index contributed by atoms with van der Waals surface area (Å²) in [6, 6.07) is 135. The van der Waals surface area contributed by atoms with E-state index in [1.165, 1.54) is 85.3 Å². The molecule has 15 rings (SSSR count). The van der Waals surface area contributed by atoms with Gasteiger partial charge < -0.3 is 0 Å². The quantitative estimate of drug-likeness (QED) is 0.0287. The summed E-state index contributed by atoms with van der Waals surface area (Å²) in [7, 11) is -5.06. The van der Waals surface area contributed by atoms with Crippen LogP contribution in [0.2, 0.25) is 34.8 Å². The number of hydrogen-bond donors (Lipinski definition) is 0. The molecule has 0 unspecified atom stereocenters. The van der Waals surface area contributed by atoms with Crippen molar-refractivity contribution in [3.05, 3.63) is 406 Å². The normalized spacial score (nSPS) is 10.8. The minimum absolute atomic E-state index is 0. The second-order valence-corrected chi connectivity index (χ2v) is 68.0. The van der Waals surface area contributed by atoms with Gasteiger partial charge in [0.05, 0.1) is 0 Å². The van der Waals surface area contributed by atoms with Gasteiger partial charge in [0.2, 0.25) is 0 Å². The van der Waals surface area contributed by atoms with Crippen molar-refractivity contribution in [1.29, 1.82) is 0 Å². The van der Waals surface area contributed by atoms with Crippen molar-refractivity contribution < 1.29 is 28.8 Å². The molecule has 12 aromatic carbocycles. The van der Waals surface area contributed by atoms with E-state index in [1.807, 2.05) is 24.8 Å². The molecule has 0 radical (unpaired) electrons. The first kappa shape index (κ1) is 90.3. The summed E-state index contributed by atoms with van der Waals surface area (Å²) in [6.45, 7) is 0. The summed E-state index contributed by atoms with van der Waals surface area (Å²) in [6.07, 6.45) is 10.1. The maximum atomic E-state index is 11.2. The molecule has 0 saturated heterocycles. The molecule has 0 amide bonds. The van der Waals surface area contributed by atoms with Crippen molar-refractivity contribution in [2.45, 2.75) is 45.1 Å². The van der Waals surface area contributed by atoms with Crippen LogP contribution in [-0.2, 0) is 30.3 Å². The van der Waals surface area contributed by atoms with E-state index in [1.54, 1.807) is 24.0 Å². The molecular formula is C93H93ClN6O2P4PdS3Sn2. The Morgan fingerprint density at radius 1 is 0.268 bits per heavy atom. The molecule has 19 heteroatoms. The van der Waals surface area contributed by atoms with E-state index < -0.39 is 78.3 Å². The van der Waals surface area contributed by atoms with Gasteiger partial charge in [0.25, 0.3) is 0 Å². The van der Waals surface area contributed by atoms with Crippen molar-refractivity contribution in [1.82, 2.24) is 29.9 Å². The Labute approximate surface area is 705 Å². The summed E-state index contributed by atoms with van der Waals surface area (Å²) in [4.78, 5) is 38.0. The first-order chi connectivity index (χ1) is 53.9. The zero-order valence-corrected chi connectivity index (χ0v) is 78.4. The molecule has 112 heavy (non-hydrogen) atoms. The van der Waals surface area contributed by atoms with Gasteiger partial charge in [0.15, 0.2) is 5.16 Å². The summed E-state index contributed by atoms with van der Waals surface area (Å²) in [5.41, 5.74) is 0. The number of halogens is 1. The Morgan fingerprint density at radius 2 is 0.446 bits per heavy atom. The molecule has 0 fully saturated rings. The number of aromatic nitrogens is 6. The summed E-state index contributed by atoms with van der Waals surface area (Å²) < 4.78 is 24.7. The number of thioether (sulfide) groups is 2. The van der Waals surface area contributed by atoms with E-state index in [9.17, 15) is 8.42 Å². The van der Waals surface area contributed by atoms with Crippen LogP contribution in [0.25, 0.3) is 0 Å². The van der Waals surface area contributed by atoms with E-state index in [2.05, 4.69) is 430 Å². The van der Waals surface area contributed by atoms with Crippen molar-refractivity contribution in [2.24, 2.45) is 0 Å². The smallest absolute Gasteiger partial charge is 0.188 e. The van der Waals surface area contributed by atoms with Gasteiger partial charge in [-0.2, -0.15) is 0 Å². The van der Waals surface area contributed by atoms with Gasteiger partial charge in [-0.3, -0.25) is 0 Å². The van der Waals surface area contributed by atoms with Crippen LogP contribution < -0.4 is 71.1 Å².